The van der Waals surface area contributed by atoms with Crippen molar-refractivity contribution in [1.82, 2.24) is 15.1 Å². The van der Waals surface area contributed by atoms with Gasteiger partial charge in [-0.15, -0.1) is 0 Å². The zero-order chi connectivity index (χ0) is 18.4. The quantitative estimate of drug-likeness (QED) is 0.619. The number of nitrogens with one attached hydrogen (secondary N) is 1. The number of para-hydroxylation sites is 1. The van der Waals surface area contributed by atoms with Gasteiger partial charge in [0.1, 0.15) is 12.4 Å². The maximum absolute atomic E-state index is 5.96. The van der Waals surface area contributed by atoms with Crippen LogP contribution in [0.2, 0.25) is 0 Å². The van der Waals surface area contributed by atoms with Crippen LogP contribution in [0.5, 0.6) is 5.75 Å². The van der Waals surface area contributed by atoms with Crippen LogP contribution in [-0.4, -0.2) is 76.4 Å². The number of nitrogens with zero attached hydrogens (tertiary/aromatic N) is 3. The van der Waals surface area contributed by atoms with E-state index in [0.29, 0.717) is 18.6 Å². The van der Waals surface area contributed by atoms with Crippen molar-refractivity contribution in [3.8, 4) is 5.75 Å². The molecule has 1 aromatic carbocycles. The van der Waals surface area contributed by atoms with E-state index in [2.05, 4.69) is 46.3 Å². The summed E-state index contributed by atoms with van der Waals surface area (Å²) in [5.41, 5.74) is 1.50. The van der Waals surface area contributed by atoms with E-state index in [-0.39, 0.29) is 0 Å². The highest BCUT2D eigenvalue weighted by molar-refractivity contribution is 5.80. The average Bonchev–Trinajstić information content (AvgIpc) is 3.27. The van der Waals surface area contributed by atoms with Gasteiger partial charge in [0, 0.05) is 50.8 Å². The molecule has 1 N–H and O–H groups in total. The molecule has 2 fully saturated rings. The third kappa shape index (κ3) is 4.68. The molecule has 1 unspecified atom stereocenters. The lowest BCUT2D eigenvalue weighted by atomic mass is 9.87. The first-order valence-corrected chi connectivity index (χ1v) is 9.51. The van der Waals surface area contributed by atoms with E-state index in [0.717, 1.165) is 50.1 Å². The Kier molecular flexibility index (Phi) is 6.38. The normalized spacial score (nSPS) is 23.2. The lowest BCUT2D eigenvalue weighted by Crippen LogP contribution is -2.41. The second kappa shape index (κ2) is 8.73. The van der Waals surface area contributed by atoms with Crippen molar-refractivity contribution in [2.24, 2.45) is 10.4 Å². The largest absolute Gasteiger partial charge is 0.492 e. The van der Waals surface area contributed by atoms with Gasteiger partial charge in [0.05, 0.1) is 6.61 Å². The van der Waals surface area contributed by atoms with E-state index in [1.807, 2.05) is 19.2 Å². The Labute approximate surface area is 157 Å². The highest BCUT2D eigenvalue weighted by Crippen LogP contribution is 2.38. The predicted molar refractivity (Wildman–Crippen MR) is 105 cm³/mol. The van der Waals surface area contributed by atoms with E-state index >= 15 is 0 Å². The molecule has 2 saturated heterocycles. The van der Waals surface area contributed by atoms with E-state index in [9.17, 15) is 0 Å². The molecule has 1 atom stereocenters. The third-order valence-electron chi connectivity index (χ3n) is 5.34. The fraction of sp³-hybridized carbons (Fsp3) is 0.650. The van der Waals surface area contributed by atoms with Crippen LogP contribution < -0.4 is 10.1 Å². The lowest BCUT2D eigenvalue weighted by molar-refractivity contribution is 0.156. The minimum Gasteiger partial charge on any atom is -0.492 e. The van der Waals surface area contributed by atoms with Crippen LogP contribution in [-0.2, 0) is 11.3 Å². The SMILES string of the molecule is CN=C(NCc1ccccc1OCCN(C)C)N1CCC2(CCOC2)C1. The smallest absolute Gasteiger partial charge is 0.193 e. The van der Waals surface area contributed by atoms with Crippen molar-refractivity contribution in [2.75, 3.05) is 60.6 Å². The summed E-state index contributed by atoms with van der Waals surface area (Å²) >= 11 is 0. The van der Waals surface area contributed by atoms with Gasteiger partial charge < -0.3 is 24.6 Å². The van der Waals surface area contributed by atoms with Crippen molar-refractivity contribution in [1.29, 1.82) is 0 Å². The van der Waals surface area contributed by atoms with E-state index in [1.165, 1.54) is 12.8 Å². The molecule has 26 heavy (non-hydrogen) atoms. The fourth-order valence-electron chi connectivity index (χ4n) is 3.72. The van der Waals surface area contributed by atoms with Gasteiger partial charge in [0.25, 0.3) is 0 Å². The molecule has 6 heteroatoms. The molecule has 6 nitrogen and oxygen atoms in total. The topological polar surface area (TPSA) is 49.3 Å². The van der Waals surface area contributed by atoms with Gasteiger partial charge in [0.15, 0.2) is 5.96 Å². The molecule has 0 bridgehead atoms. The molecule has 0 radical (unpaired) electrons. The second-order valence-electron chi connectivity index (χ2n) is 7.63. The summed E-state index contributed by atoms with van der Waals surface area (Å²) in [6.07, 6.45) is 2.36. The Morgan fingerprint density at radius 2 is 2.19 bits per heavy atom. The number of hydrogen-bond donors (Lipinski definition) is 1. The van der Waals surface area contributed by atoms with Crippen molar-refractivity contribution in [2.45, 2.75) is 19.4 Å². The van der Waals surface area contributed by atoms with Crippen LogP contribution in [0.1, 0.15) is 18.4 Å². The van der Waals surface area contributed by atoms with Gasteiger partial charge in [-0.05, 0) is 33.0 Å². The summed E-state index contributed by atoms with van der Waals surface area (Å²) in [5, 5.41) is 3.52. The van der Waals surface area contributed by atoms with Crippen LogP contribution in [0, 0.1) is 5.41 Å². The zero-order valence-electron chi connectivity index (χ0n) is 16.3. The Balaban J connectivity index is 1.56. The van der Waals surface area contributed by atoms with Crippen molar-refractivity contribution in [3.63, 3.8) is 0 Å². The van der Waals surface area contributed by atoms with Gasteiger partial charge in [-0.1, -0.05) is 18.2 Å². The van der Waals surface area contributed by atoms with Gasteiger partial charge in [-0.2, -0.15) is 0 Å². The van der Waals surface area contributed by atoms with Crippen molar-refractivity contribution in [3.05, 3.63) is 29.8 Å². The molecule has 0 amide bonds. The molecule has 0 aliphatic carbocycles. The van der Waals surface area contributed by atoms with Gasteiger partial charge in [-0.25, -0.2) is 0 Å². The predicted octanol–water partition coefficient (Wildman–Crippen LogP) is 1.81. The maximum atomic E-state index is 5.96. The molecule has 2 aliphatic heterocycles. The van der Waals surface area contributed by atoms with Gasteiger partial charge in [0.2, 0.25) is 0 Å². The summed E-state index contributed by atoms with van der Waals surface area (Å²) in [6, 6.07) is 8.23. The number of rotatable bonds is 6. The monoisotopic (exact) mass is 360 g/mol. The molecular weight excluding hydrogens is 328 g/mol. The second-order valence-corrected chi connectivity index (χ2v) is 7.63. The number of ether oxygens (including phenoxy) is 2. The number of aliphatic imine (C=N–C) groups is 1. The number of hydrogen-bond acceptors (Lipinski definition) is 4. The molecule has 0 aromatic heterocycles. The van der Waals surface area contributed by atoms with E-state index in [4.69, 9.17) is 9.47 Å². The highest BCUT2D eigenvalue weighted by atomic mass is 16.5. The summed E-state index contributed by atoms with van der Waals surface area (Å²) in [5.74, 6) is 1.91. The third-order valence-corrected chi connectivity index (χ3v) is 5.34. The maximum Gasteiger partial charge on any atom is 0.193 e. The zero-order valence-corrected chi connectivity index (χ0v) is 16.3. The summed E-state index contributed by atoms with van der Waals surface area (Å²) in [6.45, 7) is 6.18. The Morgan fingerprint density at radius 1 is 1.35 bits per heavy atom. The Morgan fingerprint density at radius 3 is 2.92 bits per heavy atom. The first-order valence-electron chi connectivity index (χ1n) is 9.51. The summed E-state index contributed by atoms with van der Waals surface area (Å²) in [7, 11) is 5.97. The van der Waals surface area contributed by atoms with Crippen LogP contribution >= 0.6 is 0 Å². The molecule has 3 rings (SSSR count). The molecule has 144 valence electrons. The summed E-state index contributed by atoms with van der Waals surface area (Å²) < 4.78 is 11.6. The molecule has 0 saturated carbocycles. The molecule has 1 aromatic rings. The van der Waals surface area contributed by atoms with E-state index in [1.54, 1.807) is 0 Å². The number of likely N-dealkylation sites (N-methyl/N-ethyl adjacent to an activating group) is 1. The van der Waals surface area contributed by atoms with Crippen LogP contribution in [0.25, 0.3) is 0 Å². The summed E-state index contributed by atoms with van der Waals surface area (Å²) in [4.78, 5) is 8.99. The van der Waals surface area contributed by atoms with Gasteiger partial charge >= 0.3 is 0 Å². The molecule has 1 spiro atoms. The minimum atomic E-state index is 0.338. The molecular formula is C20H32N4O2. The minimum absolute atomic E-state index is 0.338. The Bertz CT molecular complexity index is 612. The van der Waals surface area contributed by atoms with Crippen LogP contribution in [0.15, 0.2) is 29.3 Å². The van der Waals surface area contributed by atoms with Crippen LogP contribution in [0.3, 0.4) is 0 Å². The highest BCUT2D eigenvalue weighted by Gasteiger charge is 2.42. The number of likely N-dealkylation sites (tertiary alicyclic amines) is 1. The van der Waals surface area contributed by atoms with Crippen molar-refractivity contribution >= 4 is 5.96 Å². The molecule has 2 aliphatic rings. The lowest BCUT2D eigenvalue weighted by Gasteiger charge is -2.25. The fourth-order valence-corrected chi connectivity index (χ4v) is 3.72. The van der Waals surface area contributed by atoms with E-state index < -0.39 is 0 Å². The number of guanidine groups is 1. The van der Waals surface area contributed by atoms with Crippen LogP contribution in [0.4, 0.5) is 0 Å². The first-order chi connectivity index (χ1) is 12.6. The number of benzene rings is 1. The van der Waals surface area contributed by atoms with Crippen molar-refractivity contribution < 1.29 is 9.47 Å². The molecule has 2 heterocycles. The Hall–Kier alpha value is -1.79. The standard InChI is InChI=1S/C20H32N4O2/c1-21-19(24-10-8-20(15-24)9-12-25-16-20)22-14-17-6-4-5-7-18(17)26-13-11-23(2)3/h4-7H,8-16H2,1-3H3,(H,21,22). The van der Waals surface area contributed by atoms with Gasteiger partial charge in [-0.3, -0.25) is 4.99 Å². The average molecular weight is 361 g/mol. The first kappa shape index (κ1) is 19.0.